The molecule has 1 unspecified atom stereocenters. The average molecular weight is 386 g/mol. The molecule has 1 aromatic heterocycles. The summed E-state index contributed by atoms with van der Waals surface area (Å²) in [5.41, 5.74) is 4.55. The highest BCUT2D eigenvalue weighted by Crippen LogP contribution is 2.24. The molecule has 1 atom stereocenters. The van der Waals surface area contributed by atoms with Crippen LogP contribution in [0, 0.1) is 0 Å². The monoisotopic (exact) mass is 386 g/mol. The number of hydrogen-bond acceptors (Lipinski definition) is 4. The number of anilines is 1. The normalized spacial score (nSPS) is 14.1. The molecule has 6 heteroatoms. The van der Waals surface area contributed by atoms with Crippen LogP contribution in [0.15, 0.2) is 72.9 Å². The Morgan fingerprint density at radius 2 is 1.69 bits per heavy atom. The number of rotatable bonds is 4. The van der Waals surface area contributed by atoms with E-state index in [-0.39, 0.29) is 0 Å². The van der Waals surface area contributed by atoms with E-state index < -0.39 is 17.9 Å². The minimum atomic E-state index is -0.706. The second kappa shape index (κ2) is 8.24. The summed E-state index contributed by atoms with van der Waals surface area (Å²) < 4.78 is 0. The van der Waals surface area contributed by atoms with Crippen LogP contribution in [0.1, 0.15) is 28.4 Å². The van der Waals surface area contributed by atoms with Crippen LogP contribution in [0.3, 0.4) is 0 Å². The molecule has 2 N–H and O–H groups in total. The first-order valence-electron chi connectivity index (χ1n) is 9.48. The number of aromatic nitrogens is 1. The van der Waals surface area contributed by atoms with Crippen molar-refractivity contribution in [1.29, 1.82) is 0 Å². The number of benzene rings is 2. The second-order valence-electron chi connectivity index (χ2n) is 7.18. The van der Waals surface area contributed by atoms with E-state index in [9.17, 15) is 9.59 Å². The lowest BCUT2D eigenvalue weighted by molar-refractivity contribution is -0.136. The van der Waals surface area contributed by atoms with E-state index >= 15 is 0 Å². The lowest BCUT2D eigenvalue weighted by Gasteiger charge is -2.18. The van der Waals surface area contributed by atoms with Gasteiger partial charge in [-0.1, -0.05) is 42.5 Å². The van der Waals surface area contributed by atoms with Gasteiger partial charge in [-0.25, -0.2) is 0 Å². The van der Waals surface area contributed by atoms with Crippen molar-refractivity contribution in [3.05, 3.63) is 95.3 Å². The van der Waals surface area contributed by atoms with Crippen LogP contribution in [-0.2, 0) is 22.7 Å². The number of amides is 2. The minimum absolute atomic E-state index is 0.510. The third-order valence-electron chi connectivity index (χ3n) is 4.94. The second-order valence-corrected chi connectivity index (χ2v) is 7.18. The van der Waals surface area contributed by atoms with Gasteiger partial charge in [0.25, 0.3) is 0 Å². The number of carbonyl (C=O) groups is 2. The summed E-state index contributed by atoms with van der Waals surface area (Å²) in [5.74, 6) is -1.41. The van der Waals surface area contributed by atoms with Crippen molar-refractivity contribution >= 4 is 17.5 Å². The molecule has 4 rings (SSSR count). The summed E-state index contributed by atoms with van der Waals surface area (Å²) >= 11 is 0. The van der Waals surface area contributed by atoms with Crippen molar-refractivity contribution in [2.24, 2.45) is 0 Å². The Kier molecular flexibility index (Phi) is 5.35. The lowest BCUT2D eigenvalue weighted by atomic mass is 10.0. The molecule has 0 saturated carbocycles. The zero-order chi connectivity index (χ0) is 20.2. The van der Waals surface area contributed by atoms with Crippen LogP contribution < -0.4 is 10.6 Å². The first-order valence-corrected chi connectivity index (χ1v) is 9.48. The van der Waals surface area contributed by atoms with Crippen molar-refractivity contribution in [2.45, 2.75) is 19.1 Å². The highest BCUT2D eigenvalue weighted by Gasteiger charge is 2.23. The summed E-state index contributed by atoms with van der Waals surface area (Å²) in [5, 5.41) is 5.51. The molecule has 0 fully saturated rings. The predicted molar refractivity (Wildman–Crippen MR) is 111 cm³/mol. The maximum Gasteiger partial charge on any atom is 0.313 e. The van der Waals surface area contributed by atoms with E-state index in [1.165, 1.54) is 11.1 Å². The van der Waals surface area contributed by atoms with Crippen molar-refractivity contribution < 1.29 is 9.59 Å². The quantitative estimate of drug-likeness (QED) is 0.676. The van der Waals surface area contributed by atoms with Crippen LogP contribution in [0.2, 0.25) is 0 Å². The fourth-order valence-electron chi connectivity index (χ4n) is 3.55. The van der Waals surface area contributed by atoms with Gasteiger partial charge in [-0.15, -0.1) is 0 Å². The van der Waals surface area contributed by atoms with E-state index in [1.54, 1.807) is 6.20 Å². The summed E-state index contributed by atoms with van der Waals surface area (Å²) in [7, 11) is 2.05. The zero-order valence-electron chi connectivity index (χ0n) is 16.1. The minimum Gasteiger partial charge on any atom is -0.335 e. The summed E-state index contributed by atoms with van der Waals surface area (Å²) in [6.45, 7) is 1.73. The molecular formula is C23H22N4O2. The van der Waals surface area contributed by atoms with Crippen LogP contribution in [0.5, 0.6) is 0 Å². The van der Waals surface area contributed by atoms with Crippen LogP contribution >= 0.6 is 0 Å². The fraction of sp³-hybridized carbons (Fsp3) is 0.174. The van der Waals surface area contributed by atoms with Gasteiger partial charge in [-0.05, 0) is 48.0 Å². The molecule has 146 valence electrons. The van der Waals surface area contributed by atoms with Gasteiger partial charge >= 0.3 is 11.8 Å². The molecule has 2 heterocycles. The summed E-state index contributed by atoms with van der Waals surface area (Å²) in [6.07, 6.45) is 1.67. The molecule has 2 aromatic carbocycles. The van der Waals surface area contributed by atoms with Crippen molar-refractivity contribution in [2.75, 3.05) is 12.4 Å². The topological polar surface area (TPSA) is 74.3 Å². The molecule has 29 heavy (non-hydrogen) atoms. The van der Waals surface area contributed by atoms with Crippen LogP contribution in [0.4, 0.5) is 5.69 Å². The molecule has 1 aliphatic rings. The standard InChI is InChI=1S/C23H22N4O2/c1-27-14-17-10-11-19(13-18(17)15-27)25-22(28)23(29)26-21(16-7-3-2-4-8-16)20-9-5-6-12-24-20/h2-13,21H,14-15H2,1H3,(H,25,28)(H,26,29). The highest BCUT2D eigenvalue weighted by molar-refractivity contribution is 6.39. The van der Waals surface area contributed by atoms with E-state index in [2.05, 4.69) is 20.5 Å². The first kappa shape index (κ1) is 18.8. The molecule has 0 radical (unpaired) electrons. The number of pyridine rings is 1. The molecule has 2 amide bonds. The Labute approximate surface area is 169 Å². The Balaban J connectivity index is 1.49. The molecule has 0 bridgehead atoms. The Bertz CT molecular complexity index is 982. The Morgan fingerprint density at radius 1 is 0.931 bits per heavy atom. The van der Waals surface area contributed by atoms with Crippen LogP contribution in [0.25, 0.3) is 0 Å². The third-order valence-corrected chi connectivity index (χ3v) is 4.94. The van der Waals surface area contributed by atoms with Gasteiger partial charge in [0.2, 0.25) is 0 Å². The largest absolute Gasteiger partial charge is 0.335 e. The summed E-state index contributed by atoms with van der Waals surface area (Å²) in [4.78, 5) is 31.7. The number of fused-ring (bicyclic) bond motifs is 1. The van der Waals surface area contributed by atoms with Gasteiger partial charge < -0.3 is 10.6 Å². The van der Waals surface area contributed by atoms with E-state index in [4.69, 9.17) is 0 Å². The fourth-order valence-corrected chi connectivity index (χ4v) is 3.55. The maximum atomic E-state index is 12.6. The summed E-state index contributed by atoms with van der Waals surface area (Å²) in [6, 6.07) is 20.2. The lowest BCUT2D eigenvalue weighted by Crippen LogP contribution is -2.38. The highest BCUT2D eigenvalue weighted by atomic mass is 16.2. The molecule has 0 aliphatic carbocycles. The molecule has 3 aromatic rings. The SMILES string of the molecule is CN1Cc2ccc(NC(=O)C(=O)NC(c3ccccc3)c3ccccn3)cc2C1. The number of carbonyl (C=O) groups excluding carboxylic acids is 2. The first-order chi connectivity index (χ1) is 14.1. The number of hydrogen-bond donors (Lipinski definition) is 2. The average Bonchev–Trinajstić information content (AvgIpc) is 3.12. The van der Waals surface area contributed by atoms with Gasteiger partial charge in [-0.3, -0.25) is 19.5 Å². The van der Waals surface area contributed by atoms with E-state index in [0.717, 1.165) is 18.7 Å². The predicted octanol–water partition coefficient (Wildman–Crippen LogP) is 2.87. The van der Waals surface area contributed by atoms with E-state index in [0.29, 0.717) is 11.4 Å². The number of nitrogens with zero attached hydrogens (tertiary/aromatic N) is 2. The molecule has 0 spiro atoms. The number of nitrogens with one attached hydrogen (secondary N) is 2. The third kappa shape index (κ3) is 4.33. The van der Waals surface area contributed by atoms with E-state index in [1.807, 2.05) is 73.8 Å². The molecule has 0 saturated heterocycles. The van der Waals surface area contributed by atoms with Gasteiger partial charge in [0, 0.05) is 25.0 Å². The maximum absolute atomic E-state index is 12.6. The van der Waals surface area contributed by atoms with Gasteiger partial charge in [0.1, 0.15) is 0 Å². The van der Waals surface area contributed by atoms with Crippen LogP contribution in [-0.4, -0.2) is 28.7 Å². The Hall–Kier alpha value is -3.51. The van der Waals surface area contributed by atoms with Gasteiger partial charge in [-0.2, -0.15) is 0 Å². The zero-order valence-corrected chi connectivity index (χ0v) is 16.1. The van der Waals surface area contributed by atoms with Gasteiger partial charge in [0.05, 0.1) is 11.7 Å². The van der Waals surface area contributed by atoms with Crippen molar-refractivity contribution in [3.8, 4) is 0 Å². The molecular weight excluding hydrogens is 364 g/mol. The molecule has 6 nitrogen and oxygen atoms in total. The smallest absolute Gasteiger partial charge is 0.313 e. The van der Waals surface area contributed by atoms with Gasteiger partial charge in [0.15, 0.2) is 0 Å². The Morgan fingerprint density at radius 3 is 2.45 bits per heavy atom. The van der Waals surface area contributed by atoms with Crippen molar-refractivity contribution in [1.82, 2.24) is 15.2 Å². The van der Waals surface area contributed by atoms with Crippen molar-refractivity contribution in [3.63, 3.8) is 0 Å². The molecule has 1 aliphatic heterocycles.